The van der Waals surface area contributed by atoms with E-state index in [0.717, 1.165) is 50.4 Å². The standard InChI is InChI=1S/C35H41N3OS/c1-27(2)23-36-24-29-11-6-13-31(21-29)32-14-7-12-30(22-32)26-38(35(39)34-15-8-20-40-34)33-16-18-37(19-17-33)25-28-9-4-3-5-10-28/h3-15,20-22,27,33,36H,16-19,23-26H2,1-2H3. The topological polar surface area (TPSA) is 35.6 Å². The molecule has 3 aromatic carbocycles. The zero-order valence-corrected chi connectivity index (χ0v) is 24.6. The maximum Gasteiger partial charge on any atom is 0.264 e. The number of nitrogens with zero attached hydrogens (tertiary/aromatic N) is 2. The lowest BCUT2D eigenvalue weighted by atomic mass is 9.98. The molecule has 0 aliphatic carbocycles. The molecule has 0 bridgehead atoms. The van der Waals surface area contributed by atoms with Gasteiger partial charge in [0.05, 0.1) is 4.88 Å². The predicted octanol–water partition coefficient (Wildman–Crippen LogP) is 7.47. The molecule has 4 nitrogen and oxygen atoms in total. The number of hydrogen-bond donors (Lipinski definition) is 1. The van der Waals surface area contributed by atoms with Crippen LogP contribution in [0.1, 0.15) is 53.1 Å². The molecule has 1 saturated heterocycles. The van der Waals surface area contributed by atoms with E-state index in [1.807, 2.05) is 17.5 Å². The van der Waals surface area contributed by atoms with Crippen molar-refractivity contribution in [3.63, 3.8) is 0 Å². The molecule has 0 radical (unpaired) electrons. The van der Waals surface area contributed by atoms with Crippen molar-refractivity contribution in [3.05, 3.63) is 118 Å². The summed E-state index contributed by atoms with van der Waals surface area (Å²) in [7, 11) is 0. The van der Waals surface area contributed by atoms with E-state index in [1.165, 1.54) is 39.2 Å². The van der Waals surface area contributed by atoms with E-state index in [9.17, 15) is 4.79 Å². The van der Waals surface area contributed by atoms with Crippen LogP contribution >= 0.6 is 11.3 Å². The summed E-state index contributed by atoms with van der Waals surface area (Å²) in [5, 5.41) is 5.55. The summed E-state index contributed by atoms with van der Waals surface area (Å²) in [4.78, 5) is 19.2. The largest absolute Gasteiger partial charge is 0.331 e. The smallest absolute Gasteiger partial charge is 0.264 e. The number of carbonyl (C=O) groups excluding carboxylic acids is 1. The summed E-state index contributed by atoms with van der Waals surface area (Å²) in [6, 6.07) is 32.4. The van der Waals surface area contributed by atoms with Crippen LogP contribution in [0, 0.1) is 5.92 Å². The van der Waals surface area contributed by atoms with Gasteiger partial charge in [0.25, 0.3) is 5.91 Å². The lowest BCUT2D eigenvalue weighted by molar-refractivity contribution is 0.0547. The van der Waals surface area contributed by atoms with Gasteiger partial charge in [-0.2, -0.15) is 0 Å². The maximum atomic E-state index is 13.7. The molecule has 1 aliphatic rings. The van der Waals surface area contributed by atoms with E-state index in [-0.39, 0.29) is 11.9 Å². The molecule has 0 unspecified atom stereocenters. The summed E-state index contributed by atoms with van der Waals surface area (Å²) in [5.74, 6) is 0.788. The Hall–Kier alpha value is -3.25. The highest BCUT2D eigenvalue weighted by molar-refractivity contribution is 7.12. The molecule has 40 heavy (non-hydrogen) atoms. The van der Waals surface area contributed by atoms with Crippen LogP contribution < -0.4 is 5.32 Å². The molecule has 0 spiro atoms. The Morgan fingerprint density at radius 2 is 1.55 bits per heavy atom. The van der Waals surface area contributed by atoms with Crippen molar-refractivity contribution < 1.29 is 4.79 Å². The third kappa shape index (κ3) is 7.69. The normalized spacial score (nSPS) is 14.5. The van der Waals surface area contributed by atoms with E-state index in [2.05, 4.69) is 108 Å². The quantitative estimate of drug-likeness (QED) is 0.210. The van der Waals surface area contributed by atoms with Crippen LogP contribution in [0.2, 0.25) is 0 Å². The molecule has 1 aromatic heterocycles. The van der Waals surface area contributed by atoms with Gasteiger partial charge >= 0.3 is 0 Å². The summed E-state index contributed by atoms with van der Waals surface area (Å²) >= 11 is 1.54. The molecule has 1 fully saturated rings. The van der Waals surface area contributed by atoms with Gasteiger partial charge in [-0.1, -0.05) is 86.6 Å². The first kappa shape index (κ1) is 28.3. The van der Waals surface area contributed by atoms with E-state index in [4.69, 9.17) is 0 Å². The zero-order chi connectivity index (χ0) is 27.7. The van der Waals surface area contributed by atoms with Gasteiger partial charge in [0.2, 0.25) is 0 Å². The number of rotatable bonds is 11. The fourth-order valence-corrected chi connectivity index (χ4v) is 6.23. The van der Waals surface area contributed by atoms with E-state index < -0.39 is 0 Å². The number of amides is 1. The minimum absolute atomic E-state index is 0.153. The molecular weight excluding hydrogens is 510 g/mol. The summed E-state index contributed by atoms with van der Waals surface area (Å²) in [6.45, 7) is 9.96. The molecule has 1 N–H and O–H groups in total. The van der Waals surface area contributed by atoms with Crippen LogP contribution in [0.3, 0.4) is 0 Å². The zero-order valence-electron chi connectivity index (χ0n) is 23.8. The average molecular weight is 552 g/mol. The van der Waals surface area contributed by atoms with Crippen LogP contribution in [-0.4, -0.2) is 41.4 Å². The fraction of sp³-hybridized carbons (Fsp3) is 0.343. The van der Waals surface area contributed by atoms with Gasteiger partial charge in [0, 0.05) is 38.8 Å². The second kappa shape index (κ2) is 13.9. The number of piperidine rings is 1. The van der Waals surface area contributed by atoms with Crippen LogP contribution in [-0.2, 0) is 19.6 Å². The Kier molecular flexibility index (Phi) is 9.82. The van der Waals surface area contributed by atoms with Crippen LogP contribution in [0.4, 0.5) is 0 Å². The molecule has 4 aromatic rings. The van der Waals surface area contributed by atoms with Crippen molar-refractivity contribution in [3.8, 4) is 11.1 Å². The SMILES string of the molecule is CC(C)CNCc1cccc(-c2cccc(CN(C(=O)c3cccs3)C3CCN(Cc4ccccc4)CC3)c2)c1. The summed E-state index contributed by atoms with van der Waals surface area (Å²) in [5.41, 5.74) is 6.24. The van der Waals surface area contributed by atoms with Gasteiger partial charge in [0.15, 0.2) is 0 Å². The van der Waals surface area contributed by atoms with Crippen LogP contribution in [0.25, 0.3) is 11.1 Å². The first-order valence-electron chi connectivity index (χ1n) is 14.5. The van der Waals surface area contributed by atoms with E-state index in [0.29, 0.717) is 12.5 Å². The Morgan fingerprint density at radius 3 is 2.23 bits per heavy atom. The van der Waals surface area contributed by atoms with Gasteiger partial charge in [-0.3, -0.25) is 9.69 Å². The van der Waals surface area contributed by atoms with Crippen LogP contribution in [0.15, 0.2) is 96.4 Å². The average Bonchev–Trinajstić information content (AvgIpc) is 3.52. The van der Waals surface area contributed by atoms with Crippen LogP contribution in [0.5, 0.6) is 0 Å². The second-order valence-corrected chi connectivity index (χ2v) is 12.3. The Morgan fingerprint density at radius 1 is 0.875 bits per heavy atom. The monoisotopic (exact) mass is 551 g/mol. The number of nitrogens with one attached hydrogen (secondary N) is 1. The highest BCUT2D eigenvalue weighted by Crippen LogP contribution is 2.27. The maximum absolute atomic E-state index is 13.7. The Bertz CT molecular complexity index is 1340. The lowest BCUT2D eigenvalue weighted by Crippen LogP contribution is -2.46. The first-order valence-corrected chi connectivity index (χ1v) is 15.4. The first-order chi connectivity index (χ1) is 19.5. The van der Waals surface area contributed by atoms with Crippen molar-refractivity contribution in [2.45, 2.75) is 52.4 Å². The Labute approximate surface area is 243 Å². The van der Waals surface area contributed by atoms with Gasteiger partial charge in [-0.05, 0) is 76.7 Å². The molecule has 2 heterocycles. The van der Waals surface area contributed by atoms with E-state index >= 15 is 0 Å². The van der Waals surface area contributed by atoms with Crippen molar-refractivity contribution in [1.82, 2.24) is 15.1 Å². The number of carbonyl (C=O) groups is 1. The Balaban J connectivity index is 1.29. The van der Waals surface area contributed by atoms with E-state index in [1.54, 1.807) is 0 Å². The highest BCUT2D eigenvalue weighted by atomic mass is 32.1. The number of thiophene rings is 1. The predicted molar refractivity (Wildman–Crippen MR) is 167 cm³/mol. The fourth-order valence-electron chi connectivity index (χ4n) is 5.55. The van der Waals surface area contributed by atoms with Gasteiger partial charge < -0.3 is 10.2 Å². The second-order valence-electron chi connectivity index (χ2n) is 11.3. The number of hydrogen-bond acceptors (Lipinski definition) is 4. The number of benzene rings is 3. The minimum atomic E-state index is 0.153. The van der Waals surface area contributed by atoms with Crippen molar-refractivity contribution in [2.24, 2.45) is 5.92 Å². The number of likely N-dealkylation sites (tertiary alicyclic amines) is 1. The van der Waals surface area contributed by atoms with Gasteiger partial charge in [0.1, 0.15) is 0 Å². The molecule has 5 rings (SSSR count). The third-order valence-corrected chi connectivity index (χ3v) is 8.52. The molecular formula is C35H41N3OS. The van der Waals surface area contributed by atoms with Gasteiger partial charge in [-0.15, -0.1) is 11.3 Å². The minimum Gasteiger partial charge on any atom is -0.331 e. The molecule has 0 atom stereocenters. The van der Waals surface area contributed by atoms with Gasteiger partial charge in [-0.25, -0.2) is 0 Å². The molecule has 208 valence electrons. The highest BCUT2D eigenvalue weighted by Gasteiger charge is 2.29. The molecule has 5 heteroatoms. The molecule has 1 aliphatic heterocycles. The molecule has 0 saturated carbocycles. The third-order valence-electron chi connectivity index (χ3n) is 7.66. The lowest BCUT2D eigenvalue weighted by Gasteiger charge is -2.38. The van der Waals surface area contributed by atoms with Crippen molar-refractivity contribution in [2.75, 3.05) is 19.6 Å². The van der Waals surface area contributed by atoms with Crippen molar-refractivity contribution >= 4 is 17.2 Å². The molecule has 1 amide bonds. The van der Waals surface area contributed by atoms with Crippen molar-refractivity contribution in [1.29, 1.82) is 0 Å². The summed E-state index contributed by atoms with van der Waals surface area (Å²) in [6.07, 6.45) is 1.99. The summed E-state index contributed by atoms with van der Waals surface area (Å²) < 4.78 is 0.